The molecule has 0 bridgehead atoms. The van der Waals surface area contributed by atoms with Crippen molar-refractivity contribution in [3.05, 3.63) is 24.0 Å². The van der Waals surface area contributed by atoms with E-state index in [1.165, 1.54) is 0 Å². The zero-order chi connectivity index (χ0) is 14.8. The van der Waals surface area contributed by atoms with Gasteiger partial charge >= 0.3 is 0 Å². The molecule has 6 nitrogen and oxygen atoms in total. The van der Waals surface area contributed by atoms with Crippen LogP contribution >= 0.6 is 0 Å². The third-order valence-corrected chi connectivity index (χ3v) is 3.89. The number of amides is 1. The predicted molar refractivity (Wildman–Crippen MR) is 70.0 cm³/mol. The largest absolute Gasteiger partial charge is 0.378 e. The molecule has 0 aliphatic carbocycles. The molecule has 1 aliphatic rings. The molecule has 8 heteroatoms. The fourth-order valence-corrected chi connectivity index (χ4v) is 2.53. The van der Waals surface area contributed by atoms with Gasteiger partial charge in [-0.3, -0.25) is 4.79 Å². The van der Waals surface area contributed by atoms with Crippen molar-refractivity contribution in [3.8, 4) is 0 Å². The maximum Gasteiger partial charge on any atom is 0.238 e. The molecule has 0 saturated carbocycles. The smallest absolute Gasteiger partial charge is 0.238 e. The van der Waals surface area contributed by atoms with E-state index in [-0.39, 0.29) is 23.1 Å². The highest BCUT2D eigenvalue weighted by atomic mass is 32.2. The fourth-order valence-electron chi connectivity index (χ4n) is 1.99. The molecule has 1 aliphatic heterocycles. The number of ether oxygens (including phenoxy) is 1. The second-order valence-electron chi connectivity index (χ2n) is 4.57. The summed E-state index contributed by atoms with van der Waals surface area (Å²) in [6.45, 7) is 0.618. The van der Waals surface area contributed by atoms with Gasteiger partial charge in [0.25, 0.3) is 0 Å². The zero-order valence-corrected chi connectivity index (χ0v) is 11.5. The van der Waals surface area contributed by atoms with Crippen molar-refractivity contribution in [3.63, 3.8) is 0 Å². The summed E-state index contributed by atoms with van der Waals surface area (Å²) in [6, 6.07) is 2.99. The SMILES string of the molecule is NS(=O)(=O)c1ccc(F)c(NC(=O)CC2CCCO2)c1. The lowest BCUT2D eigenvalue weighted by atomic mass is 10.1. The van der Waals surface area contributed by atoms with Crippen molar-refractivity contribution in [2.45, 2.75) is 30.3 Å². The highest BCUT2D eigenvalue weighted by Gasteiger charge is 2.20. The summed E-state index contributed by atoms with van der Waals surface area (Å²) in [5.74, 6) is -1.15. The number of nitrogens with two attached hydrogens (primary N) is 1. The first-order valence-electron chi connectivity index (χ1n) is 6.10. The molecule has 3 N–H and O–H groups in total. The molecule has 0 spiro atoms. The van der Waals surface area contributed by atoms with Gasteiger partial charge in [0.2, 0.25) is 15.9 Å². The molecule has 1 saturated heterocycles. The highest BCUT2D eigenvalue weighted by Crippen LogP contribution is 2.20. The van der Waals surface area contributed by atoms with E-state index < -0.39 is 21.7 Å². The fraction of sp³-hybridized carbons (Fsp3) is 0.417. The minimum Gasteiger partial charge on any atom is -0.378 e. The molecule has 1 atom stereocenters. The standard InChI is InChI=1S/C12H15FN2O4S/c13-10-4-3-9(20(14,17)18)7-11(10)15-12(16)6-8-2-1-5-19-8/h3-4,7-8H,1-2,5-6H2,(H,15,16)(H2,14,17,18). The van der Waals surface area contributed by atoms with Crippen LogP contribution in [0, 0.1) is 5.82 Å². The van der Waals surface area contributed by atoms with Gasteiger partial charge in [0.05, 0.1) is 23.1 Å². The van der Waals surface area contributed by atoms with Crippen LogP contribution in [-0.2, 0) is 19.6 Å². The topological polar surface area (TPSA) is 98.5 Å². The Balaban J connectivity index is 2.09. The second-order valence-corrected chi connectivity index (χ2v) is 6.14. The van der Waals surface area contributed by atoms with Crippen molar-refractivity contribution in [1.82, 2.24) is 0 Å². The third-order valence-electron chi connectivity index (χ3n) is 2.98. The molecule has 1 aromatic carbocycles. The van der Waals surface area contributed by atoms with Gasteiger partial charge in [-0.25, -0.2) is 17.9 Å². The van der Waals surface area contributed by atoms with Gasteiger partial charge in [-0.2, -0.15) is 0 Å². The second kappa shape index (κ2) is 5.86. The van der Waals surface area contributed by atoms with E-state index in [0.717, 1.165) is 31.0 Å². The van der Waals surface area contributed by atoms with Gasteiger partial charge in [-0.05, 0) is 31.0 Å². The lowest BCUT2D eigenvalue weighted by Gasteiger charge is -2.11. The van der Waals surface area contributed by atoms with Gasteiger partial charge < -0.3 is 10.1 Å². The minimum absolute atomic E-state index is 0.110. The number of halogens is 1. The first-order valence-corrected chi connectivity index (χ1v) is 7.65. The number of rotatable bonds is 4. The lowest BCUT2D eigenvalue weighted by Crippen LogP contribution is -2.20. The summed E-state index contributed by atoms with van der Waals surface area (Å²) >= 11 is 0. The Morgan fingerprint density at radius 3 is 2.85 bits per heavy atom. The molecule has 0 aromatic heterocycles. The number of hydrogen-bond acceptors (Lipinski definition) is 4. The van der Waals surface area contributed by atoms with Crippen molar-refractivity contribution in [1.29, 1.82) is 0 Å². The van der Waals surface area contributed by atoms with Gasteiger partial charge in [-0.15, -0.1) is 0 Å². The zero-order valence-electron chi connectivity index (χ0n) is 10.6. The first-order chi connectivity index (χ1) is 9.36. The van der Waals surface area contributed by atoms with Crippen LogP contribution in [0.1, 0.15) is 19.3 Å². The van der Waals surface area contributed by atoms with E-state index in [9.17, 15) is 17.6 Å². The molecule has 1 unspecified atom stereocenters. The Labute approximate surface area is 116 Å². The normalized spacial score (nSPS) is 19.0. The van der Waals surface area contributed by atoms with E-state index in [2.05, 4.69) is 5.32 Å². The van der Waals surface area contributed by atoms with Gasteiger partial charge in [0.15, 0.2) is 0 Å². The van der Waals surface area contributed by atoms with Crippen LogP contribution in [0.4, 0.5) is 10.1 Å². The quantitative estimate of drug-likeness (QED) is 0.866. The third kappa shape index (κ3) is 3.75. The summed E-state index contributed by atoms with van der Waals surface area (Å²) < 4.78 is 41.2. The average Bonchev–Trinajstić information content (AvgIpc) is 2.83. The number of carbonyl (C=O) groups excluding carboxylic acids is 1. The van der Waals surface area contributed by atoms with E-state index in [1.54, 1.807) is 0 Å². The molecular formula is C12H15FN2O4S. The summed E-state index contributed by atoms with van der Waals surface area (Å²) in [5.41, 5.74) is -0.209. The van der Waals surface area contributed by atoms with E-state index >= 15 is 0 Å². The molecule has 1 aromatic rings. The molecule has 1 fully saturated rings. The van der Waals surface area contributed by atoms with Gasteiger partial charge in [-0.1, -0.05) is 0 Å². The molecule has 1 heterocycles. The molecule has 110 valence electrons. The van der Waals surface area contributed by atoms with Crippen molar-refractivity contribution >= 4 is 21.6 Å². The number of primary sulfonamides is 1. The summed E-state index contributed by atoms with van der Waals surface area (Å²) in [5, 5.41) is 7.29. The Morgan fingerprint density at radius 2 is 2.25 bits per heavy atom. The number of carbonyl (C=O) groups is 1. The Bertz CT molecular complexity index is 612. The van der Waals surface area contributed by atoms with Crippen molar-refractivity contribution in [2.75, 3.05) is 11.9 Å². The van der Waals surface area contributed by atoms with Crippen LogP contribution in [0.25, 0.3) is 0 Å². The summed E-state index contributed by atoms with van der Waals surface area (Å²) in [7, 11) is -3.94. The number of sulfonamides is 1. The summed E-state index contributed by atoms with van der Waals surface area (Å²) in [4.78, 5) is 11.5. The predicted octanol–water partition coefficient (Wildman–Crippen LogP) is 0.981. The van der Waals surface area contributed by atoms with E-state index in [0.29, 0.717) is 6.61 Å². The molecule has 1 amide bonds. The van der Waals surface area contributed by atoms with Crippen molar-refractivity contribution < 1.29 is 22.3 Å². The van der Waals surface area contributed by atoms with Crippen LogP contribution in [0.5, 0.6) is 0 Å². The average molecular weight is 302 g/mol. The van der Waals surface area contributed by atoms with E-state index in [4.69, 9.17) is 9.88 Å². The van der Waals surface area contributed by atoms with E-state index in [1.807, 2.05) is 0 Å². The van der Waals surface area contributed by atoms with Crippen molar-refractivity contribution in [2.24, 2.45) is 5.14 Å². The maximum absolute atomic E-state index is 13.6. The number of hydrogen-bond donors (Lipinski definition) is 2. The summed E-state index contributed by atoms with van der Waals surface area (Å²) in [6.07, 6.45) is 1.62. The molecule has 20 heavy (non-hydrogen) atoms. The molecule has 0 radical (unpaired) electrons. The van der Waals surface area contributed by atoms with Crippen LogP contribution < -0.4 is 10.5 Å². The first kappa shape index (κ1) is 14.9. The van der Waals surface area contributed by atoms with Crippen LogP contribution in [0.3, 0.4) is 0 Å². The van der Waals surface area contributed by atoms with Crippen LogP contribution in [0.2, 0.25) is 0 Å². The lowest BCUT2D eigenvalue weighted by molar-refractivity contribution is -0.118. The number of anilines is 1. The molecular weight excluding hydrogens is 287 g/mol. The highest BCUT2D eigenvalue weighted by molar-refractivity contribution is 7.89. The Morgan fingerprint density at radius 1 is 1.50 bits per heavy atom. The molecule has 2 rings (SSSR count). The minimum atomic E-state index is -3.94. The monoisotopic (exact) mass is 302 g/mol. The van der Waals surface area contributed by atoms with Crippen LogP contribution in [-0.4, -0.2) is 27.0 Å². The number of benzene rings is 1. The maximum atomic E-state index is 13.6. The number of nitrogens with one attached hydrogen (secondary N) is 1. The van der Waals surface area contributed by atoms with Crippen LogP contribution in [0.15, 0.2) is 23.1 Å². The van der Waals surface area contributed by atoms with Gasteiger partial charge in [0.1, 0.15) is 5.82 Å². The Hall–Kier alpha value is -1.51. The Kier molecular flexibility index (Phi) is 4.36. The van der Waals surface area contributed by atoms with Gasteiger partial charge in [0, 0.05) is 6.61 Å².